The third kappa shape index (κ3) is 3.44. The number of nitrogens with one attached hydrogen (secondary N) is 1. The molecule has 1 fully saturated rings. The first-order valence-corrected chi connectivity index (χ1v) is 8.75. The highest BCUT2D eigenvalue weighted by atomic mass is 32.2. The quantitative estimate of drug-likeness (QED) is 0.928. The Hall–Kier alpha value is -0.980. The van der Waals surface area contributed by atoms with Crippen LogP contribution < -0.4 is 5.32 Å². The summed E-state index contributed by atoms with van der Waals surface area (Å²) in [6.45, 7) is 4.88. The van der Waals surface area contributed by atoms with Crippen molar-refractivity contribution in [3.05, 3.63) is 29.6 Å². The van der Waals surface area contributed by atoms with Gasteiger partial charge in [0.15, 0.2) is 0 Å². The van der Waals surface area contributed by atoms with Crippen LogP contribution in [0.3, 0.4) is 0 Å². The fraction of sp³-hybridized carbons (Fsp3) is 0.600. The molecule has 0 saturated carbocycles. The van der Waals surface area contributed by atoms with E-state index in [-0.39, 0.29) is 10.9 Å². The van der Waals surface area contributed by atoms with Gasteiger partial charge in [-0.15, -0.1) is 0 Å². The molecule has 2 unspecified atom stereocenters. The van der Waals surface area contributed by atoms with Gasteiger partial charge in [-0.05, 0) is 50.4 Å². The van der Waals surface area contributed by atoms with Gasteiger partial charge in [-0.3, -0.25) is 0 Å². The maximum absolute atomic E-state index is 14.2. The first-order valence-electron chi connectivity index (χ1n) is 7.31. The molecule has 1 aromatic carbocycles. The number of sulfonamides is 1. The molecule has 4 nitrogen and oxygen atoms in total. The van der Waals surface area contributed by atoms with Crippen LogP contribution in [0.1, 0.15) is 32.3 Å². The highest BCUT2D eigenvalue weighted by Crippen LogP contribution is 2.29. The highest BCUT2D eigenvalue weighted by Gasteiger charge is 2.35. The zero-order chi connectivity index (χ0) is 15.6. The normalized spacial score (nSPS) is 24.2. The number of piperidine rings is 1. The minimum Gasteiger partial charge on any atom is -0.316 e. The molecule has 1 aliphatic heterocycles. The van der Waals surface area contributed by atoms with Crippen molar-refractivity contribution in [2.75, 3.05) is 13.6 Å². The van der Waals surface area contributed by atoms with Gasteiger partial charge in [0, 0.05) is 19.1 Å². The second kappa shape index (κ2) is 6.42. The minimum absolute atomic E-state index is 0.0809. The first-order chi connectivity index (χ1) is 9.86. The van der Waals surface area contributed by atoms with E-state index in [1.807, 2.05) is 13.8 Å². The molecule has 1 N–H and O–H groups in total. The number of hydrogen-bond acceptors (Lipinski definition) is 3. The molecule has 21 heavy (non-hydrogen) atoms. The van der Waals surface area contributed by atoms with Crippen LogP contribution in [0.2, 0.25) is 0 Å². The molecule has 118 valence electrons. The van der Waals surface area contributed by atoms with Crippen LogP contribution in [-0.4, -0.2) is 32.4 Å². The van der Waals surface area contributed by atoms with Crippen molar-refractivity contribution in [2.45, 2.75) is 44.2 Å². The lowest BCUT2D eigenvalue weighted by Crippen LogP contribution is -2.45. The molecule has 1 aromatic rings. The van der Waals surface area contributed by atoms with Crippen molar-refractivity contribution in [2.24, 2.45) is 5.92 Å². The van der Waals surface area contributed by atoms with E-state index in [2.05, 4.69) is 5.32 Å². The summed E-state index contributed by atoms with van der Waals surface area (Å²) >= 11 is 0. The zero-order valence-electron chi connectivity index (χ0n) is 12.8. The Morgan fingerprint density at radius 3 is 2.67 bits per heavy atom. The summed E-state index contributed by atoms with van der Waals surface area (Å²) in [7, 11) is -2.01. The Morgan fingerprint density at radius 1 is 1.33 bits per heavy atom. The first kappa shape index (κ1) is 16.4. The lowest BCUT2D eigenvalue weighted by atomic mass is 9.97. The topological polar surface area (TPSA) is 49.4 Å². The minimum atomic E-state index is -3.77. The molecule has 2 atom stereocenters. The van der Waals surface area contributed by atoms with Crippen molar-refractivity contribution < 1.29 is 12.8 Å². The molecule has 1 aliphatic rings. The van der Waals surface area contributed by atoms with Crippen LogP contribution in [0, 0.1) is 11.7 Å². The number of hydrogen-bond donors (Lipinski definition) is 1. The molecule has 0 spiro atoms. The summed E-state index contributed by atoms with van der Waals surface area (Å²) in [5.74, 6) is -0.365. The average Bonchev–Trinajstić information content (AvgIpc) is 2.41. The number of nitrogens with zero attached hydrogens (tertiary/aromatic N) is 1. The van der Waals surface area contributed by atoms with Gasteiger partial charge in [0.05, 0.1) is 0 Å². The lowest BCUT2D eigenvalue weighted by molar-refractivity contribution is 0.217. The monoisotopic (exact) mass is 314 g/mol. The largest absolute Gasteiger partial charge is 0.316 e. The van der Waals surface area contributed by atoms with E-state index in [9.17, 15) is 12.8 Å². The van der Waals surface area contributed by atoms with E-state index in [1.54, 1.807) is 13.1 Å². The van der Waals surface area contributed by atoms with Gasteiger partial charge in [0.2, 0.25) is 10.0 Å². The van der Waals surface area contributed by atoms with Gasteiger partial charge in [-0.25, -0.2) is 12.8 Å². The summed E-state index contributed by atoms with van der Waals surface area (Å²) in [5, 5.41) is 2.92. The SMILES string of the molecule is CNCc1ccc(S(=O)(=O)N2CC(C)CCC2C)c(F)c1. The van der Waals surface area contributed by atoms with Gasteiger partial charge in [0.25, 0.3) is 0 Å². The predicted molar refractivity (Wildman–Crippen MR) is 80.9 cm³/mol. The van der Waals surface area contributed by atoms with E-state index >= 15 is 0 Å². The lowest BCUT2D eigenvalue weighted by Gasteiger charge is -2.35. The standard InChI is InChI=1S/C15H23FN2O2S/c1-11-4-5-12(2)18(10-11)21(19,20)15-7-6-13(9-17-3)8-14(15)16/h6-8,11-12,17H,4-5,9-10H2,1-3H3. The van der Waals surface area contributed by atoms with Crippen LogP contribution in [0.25, 0.3) is 0 Å². The van der Waals surface area contributed by atoms with Gasteiger partial charge in [0.1, 0.15) is 10.7 Å². The van der Waals surface area contributed by atoms with Crippen LogP contribution in [0.15, 0.2) is 23.1 Å². The smallest absolute Gasteiger partial charge is 0.246 e. The van der Waals surface area contributed by atoms with Gasteiger partial charge < -0.3 is 5.32 Å². The van der Waals surface area contributed by atoms with Gasteiger partial charge >= 0.3 is 0 Å². The Bertz CT molecular complexity index is 604. The molecule has 1 heterocycles. The zero-order valence-corrected chi connectivity index (χ0v) is 13.6. The van der Waals surface area contributed by atoms with Crippen LogP contribution in [0.5, 0.6) is 0 Å². The fourth-order valence-corrected chi connectivity index (χ4v) is 4.61. The van der Waals surface area contributed by atoms with E-state index < -0.39 is 15.8 Å². The summed E-state index contributed by atoms with van der Waals surface area (Å²) < 4.78 is 41.1. The van der Waals surface area contributed by atoms with Crippen molar-refractivity contribution in [1.29, 1.82) is 0 Å². The van der Waals surface area contributed by atoms with Gasteiger partial charge in [-0.2, -0.15) is 4.31 Å². The summed E-state index contributed by atoms with van der Waals surface area (Å²) in [6.07, 6.45) is 1.83. The second-order valence-corrected chi connectivity index (χ2v) is 7.76. The van der Waals surface area contributed by atoms with Crippen molar-refractivity contribution in [3.8, 4) is 0 Å². The number of rotatable bonds is 4. The summed E-state index contributed by atoms with van der Waals surface area (Å²) in [6, 6.07) is 4.25. The third-order valence-electron chi connectivity index (χ3n) is 4.02. The average molecular weight is 314 g/mol. The molecule has 0 aromatic heterocycles. The third-order valence-corrected chi connectivity index (χ3v) is 6.04. The fourth-order valence-electron chi connectivity index (χ4n) is 2.78. The van der Waals surface area contributed by atoms with Gasteiger partial charge in [-0.1, -0.05) is 13.0 Å². The molecule has 6 heteroatoms. The maximum Gasteiger partial charge on any atom is 0.246 e. The molecule has 1 saturated heterocycles. The molecule has 0 aliphatic carbocycles. The predicted octanol–water partition coefficient (Wildman–Crippen LogP) is 2.35. The molecular formula is C15H23FN2O2S. The Kier molecular flexibility index (Phi) is 5.01. The second-order valence-electron chi connectivity index (χ2n) is 5.90. The van der Waals surface area contributed by atoms with Crippen molar-refractivity contribution in [1.82, 2.24) is 9.62 Å². The van der Waals surface area contributed by atoms with E-state index in [1.165, 1.54) is 16.4 Å². The van der Waals surface area contributed by atoms with E-state index in [0.29, 0.717) is 19.0 Å². The number of benzene rings is 1. The highest BCUT2D eigenvalue weighted by molar-refractivity contribution is 7.89. The molecule has 0 bridgehead atoms. The van der Waals surface area contributed by atoms with Crippen LogP contribution >= 0.6 is 0 Å². The summed E-state index contributed by atoms with van der Waals surface area (Å²) in [5.41, 5.74) is 0.731. The maximum atomic E-state index is 14.2. The van der Waals surface area contributed by atoms with Crippen LogP contribution in [0.4, 0.5) is 4.39 Å². The Morgan fingerprint density at radius 2 is 2.05 bits per heavy atom. The molecule has 2 rings (SSSR count). The Balaban J connectivity index is 2.34. The van der Waals surface area contributed by atoms with Crippen molar-refractivity contribution in [3.63, 3.8) is 0 Å². The molecule has 0 radical (unpaired) electrons. The molecule has 0 amide bonds. The summed E-state index contributed by atoms with van der Waals surface area (Å²) in [4.78, 5) is -0.219. The Labute approximate surface area is 126 Å². The van der Waals surface area contributed by atoms with Crippen molar-refractivity contribution >= 4 is 10.0 Å². The molecular weight excluding hydrogens is 291 g/mol. The van der Waals surface area contributed by atoms with Crippen LogP contribution in [-0.2, 0) is 16.6 Å². The number of halogens is 1. The van der Waals surface area contributed by atoms with E-state index in [0.717, 1.165) is 18.4 Å². The van der Waals surface area contributed by atoms with E-state index in [4.69, 9.17) is 0 Å².